The lowest BCUT2D eigenvalue weighted by Gasteiger charge is -2.37. The molecule has 4 rings (SSSR count). The van der Waals surface area contributed by atoms with E-state index in [1.807, 2.05) is 12.1 Å². The standard InChI is InChI=1S/C19H24FN3O2/c20-16-3-1-14-2-4-19(22-17(14)11-16)21-12-18(15-5-8-25-13-15)23-6-9-24-10-7-23/h1-4,11,15,18H,5-10,12-13H2,(H,21,22)/t15-,18+/m1/s1. The molecule has 0 unspecified atom stereocenters. The number of halogens is 1. The predicted molar refractivity (Wildman–Crippen MR) is 95.3 cm³/mol. The molecule has 2 aliphatic rings. The normalized spacial score (nSPS) is 23.0. The number of morpholine rings is 1. The van der Waals surface area contributed by atoms with Gasteiger partial charge < -0.3 is 14.8 Å². The van der Waals surface area contributed by atoms with Gasteiger partial charge in [0.1, 0.15) is 11.6 Å². The summed E-state index contributed by atoms with van der Waals surface area (Å²) in [6, 6.07) is 9.04. The number of hydrogen-bond donors (Lipinski definition) is 1. The number of nitrogens with one attached hydrogen (secondary N) is 1. The lowest BCUT2D eigenvalue weighted by atomic mass is 9.97. The van der Waals surface area contributed by atoms with Crippen LogP contribution in [0, 0.1) is 11.7 Å². The van der Waals surface area contributed by atoms with Crippen LogP contribution in [0.5, 0.6) is 0 Å². The first-order valence-electron chi connectivity index (χ1n) is 8.99. The Morgan fingerprint density at radius 2 is 2.00 bits per heavy atom. The summed E-state index contributed by atoms with van der Waals surface area (Å²) in [4.78, 5) is 7.05. The van der Waals surface area contributed by atoms with E-state index in [4.69, 9.17) is 9.47 Å². The van der Waals surface area contributed by atoms with E-state index in [-0.39, 0.29) is 5.82 Å². The molecule has 2 aromatic rings. The van der Waals surface area contributed by atoms with Gasteiger partial charge in [-0.3, -0.25) is 4.90 Å². The minimum absolute atomic E-state index is 0.258. The van der Waals surface area contributed by atoms with E-state index in [0.717, 1.165) is 63.7 Å². The van der Waals surface area contributed by atoms with Gasteiger partial charge in [0.2, 0.25) is 0 Å². The third-order valence-corrected chi connectivity index (χ3v) is 5.17. The highest BCUT2D eigenvalue weighted by atomic mass is 19.1. The Hall–Kier alpha value is -1.76. The highest BCUT2D eigenvalue weighted by Crippen LogP contribution is 2.23. The zero-order valence-electron chi connectivity index (χ0n) is 14.3. The van der Waals surface area contributed by atoms with Gasteiger partial charge in [0.25, 0.3) is 0 Å². The highest BCUT2D eigenvalue weighted by Gasteiger charge is 2.31. The van der Waals surface area contributed by atoms with Crippen molar-refractivity contribution < 1.29 is 13.9 Å². The van der Waals surface area contributed by atoms with E-state index in [1.165, 1.54) is 12.1 Å². The molecule has 5 nitrogen and oxygen atoms in total. The average molecular weight is 345 g/mol. The molecule has 2 atom stereocenters. The van der Waals surface area contributed by atoms with Gasteiger partial charge in [0, 0.05) is 49.7 Å². The number of pyridine rings is 1. The Labute approximate surface area is 147 Å². The Bertz CT molecular complexity index is 715. The molecule has 2 fully saturated rings. The fourth-order valence-electron chi connectivity index (χ4n) is 3.76. The second kappa shape index (κ2) is 7.64. The molecule has 1 aromatic heterocycles. The van der Waals surface area contributed by atoms with E-state index < -0.39 is 0 Å². The maximum absolute atomic E-state index is 13.4. The Morgan fingerprint density at radius 3 is 2.80 bits per heavy atom. The van der Waals surface area contributed by atoms with Crippen molar-refractivity contribution in [2.45, 2.75) is 12.5 Å². The summed E-state index contributed by atoms with van der Waals surface area (Å²) in [5.74, 6) is 1.06. The predicted octanol–water partition coefficient (Wildman–Crippen LogP) is 2.52. The zero-order valence-corrected chi connectivity index (χ0v) is 14.3. The van der Waals surface area contributed by atoms with Crippen LogP contribution >= 0.6 is 0 Å². The van der Waals surface area contributed by atoms with Crippen molar-refractivity contribution in [1.82, 2.24) is 9.88 Å². The number of benzene rings is 1. The van der Waals surface area contributed by atoms with Crippen LogP contribution in [0.2, 0.25) is 0 Å². The first kappa shape index (κ1) is 16.7. The van der Waals surface area contributed by atoms with Crippen LogP contribution in [0.15, 0.2) is 30.3 Å². The SMILES string of the molecule is Fc1ccc2ccc(NC[C@@H]([C@@H]3CCOC3)N3CCOCC3)nc2c1. The summed E-state index contributed by atoms with van der Waals surface area (Å²) in [5, 5.41) is 4.40. The van der Waals surface area contributed by atoms with Crippen LogP contribution in [0.4, 0.5) is 10.2 Å². The van der Waals surface area contributed by atoms with Crippen LogP contribution in [0.1, 0.15) is 6.42 Å². The molecule has 2 saturated heterocycles. The van der Waals surface area contributed by atoms with Crippen LogP contribution in [-0.2, 0) is 9.47 Å². The van der Waals surface area contributed by atoms with Gasteiger partial charge in [-0.15, -0.1) is 0 Å². The fraction of sp³-hybridized carbons (Fsp3) is 0.526. The highest BCUT2D eigenvalue weighted by molar-refractivity contribution is 5.80. The number of nitrogens with zero attached hydrogens (tertiary/aromatic N) is 2. The van der Waals surface area contributed by atoms with Crippen molar-refractivity contribution in [3.8, 4) is 0 Å². The maximum Gasteiger partial charge on any atom is 0.126 e. The van der Waals surface area contributed by atoms with Crippen molar-refractivity contribution in [1.29, 1.82) is 0 Å². The van der Waals surface area contributed by atoms with Crippen LogP contribution in [0.3, 0.4) is 0 Å². The minimum atomic E-state index is -0.258. The molecule has 1 N–H and O–H groups in total. The molecule has 0 aliphatic carbocycles. The number of fused-ring (bicyclic) bond motifs is 1. The molecule has 1 aromatic carbocycles. The molecule has 6 heteroatoms. The summed E-state index contributed by atoms with van der Waals surface area (Å²) < 4.78 is 24.5. The van der Waals surface area contributed by atoms with Crippen molar-refractivity contribution in [3.05, 3.63) is 36.1 Å². The van der Waals surface area contributed by atoms with Gasteiger partial charge in [0.05, 0.1) is 25.3 Å². The smallest absolute Gasteiger partial charge is 0.126 e. The third-order valence-electron chi connectivity index (χ3n) is 5.17. The van der Waals surface area contributed by atoms with E-state index in [9.17, 15) is 4.39 Å². The van der Waals surface area contributed by atoms with Crippen molar-refractivity contribution in [2.24, 2.45) is 5.92 Å². The summed E-state index contributed by atoms with van der Waals surface area (Å²) >= 11 is 0. The Balaban J connectivity index is 1.48. The van der Waals surface area contributed by atoms with Crippen LogP contribution < -0.4 is 5.32 Å². The summed E-state index contributed by atoms with van der Waals surface area (Å²) in [6.45, 7) is 5.97. The van der Waals surface area contributed by atoms with E-state index in [0.29, 0.717) is 17.5 Å². The van der Waals surface area contributed by atoms with Gasteiger partial charge >= 0.3 is 0 Å². The number of aromatic nitrogens is 1. The first-order chi connectivity index (χ1) is 12.3. The van der Waals surface area contributed by atoms with Crippen LogP contribution in [-0.4, -0.2) is 62.0 Å². The van der Waals surface area contributed by atoms with Gasteiger partial charge in [-0.25, -0.2) is 9.37 Å². The Kier molecular flexibility index (Phi) is 5.10. The minimum Gasteiger partial charge on any atom is -0.381 e. The quantitative estimate of drug-likeness (QED) is 0.902. The number of hydrogen-bond acceptors (Lipinski definition) is 5. The summed E-state index contributed by atoms with van der Waals surface area (Å²) in [6.07, 6.45) is 1.10. The van der Waals surface area contributed by atoms with Crippen molar-refractivity contribution in [2.75, 3.05) is 51.4 Å². The molecular weight excluding hydrogens is 321 g/mol. The van der Waals surface area contributed by atoms with E-state index >= 15 is 0 Å². The second-order valence-corrected chi connectivity index (χ2v) is 6.75. The fourth-order valence-corrected chi connectivity index (χ4v) is 3.76. The molecular formula is C19H24FN3O2. The molecule has 0 saturated carbocycles. The molecule has 25 heavy (non-hydrogen) atoms. The van der Waals surface area contributed by atoms with E-state index in [2.05, 4.69) is 15.2 Å². The molecule has 3 heterocycles. The monoisotopic (exact) mass is 345 g/mol. The van der Waals surface area contributed by atoms with Gasteiger partial charge in [-0.05, 0) is 30.7 Å². The number of ether oxygens (including phenoxy) is 2. The van der Waals surface area contributed by atoms with Gasteiger partial charge in [0.15, 0.2) is 0 Å². The summed E-state index contributed by atoms with van der Waals surface area (Å²) in [5.41, 5.74) is 0.678. The second-order valence-electron chi connectivity index (χ2n) is 6.75. The maximum atomic E-state index is 13.4. The van der Waals surface area contributed by atoms with E-state index in [1.54, 1.807) is 6.07 Å². The summed E-state index contributed by atoms with van der Waals surface area (Å²) in [7, 11) is 0. The lowest BCUT2D eigenvalue weighted by Crippen LogP contribution is -2.50. The van der Waals surface area contributed by atoms with Gasteiger partial charge in [-0.2, -0.15) is 0 Å². The Morgan fingerprint density at radius 1 is 1.16 bits per heavy atom. The van der Waals surface area contributed by atoms with Gasteiger partial charge in [-0.1, -0.05) is 0 Å². The third kappa shape index (κ3) is 3.92. The van der Waals surface area contributed by atoms with Crippen molar-refractivity contribution >= 4 is 16.7 Å². The lowest BCUT2D eigenvalue weighted by molar-refractivity contribution is 0.00460. The largest absolute Gasteiger partial charge is 0.381 e. The number of rotatable bonds is 5. The molecule has 134 valence electrons. The number of anilines is 1. The molecule has 2 aliphatic heterocycles. The average Bonchev–Trinajstić information content (AvgIpc) is 3.17. The molecule has 0 bridgehead atoms. The molecule has 0 spiro atoms. The topological polar surface area (TPSA) is 46.6 Å². The first-order valence-corrected chi connectivity index (χ1v) is 8.99. The zero-order chi connectivity index (χ0) is 17.1. The molecule has 0 amide bonds. The van der Waals surface area contributed by atoms with Crippen molar-refractivity contribution in [3.63, 3.8) is 0 Å². The van der Waals surface area contributed by atoms with Crippen LogP contribution in [0.25, 0.3) is 10.9 Å². The molecule has 0 radical (unpaired) electrons.